The van der Waals surface area contributed by atoms with Gasteiger partial charge >= 0.3 is 12.1 Å². The highest BCUT2D eigenvalue weighted by Gasteiger charge is 2.25. The Morgan fingerprint density at radius 2 is 1.58 bits per heavy atom. The lowest BCUT2D eigenvalue weighted by atomic mass is 10.0. The molecule has 9 heteroatoms. The zero-order valence-corrected chi connectivity index (χ0v) is 20.9. The molecule has 0 heterocycles. The van der Waals surface area contributed by atoms with Crippen molar-refractivity contribution in [2.24, 2.45) is 0 Å². The van der Waals surface area contributed by atoms with Gasteiger partial charge in [-0.3, -0.25) is 4.79 Å². The Balaban J connectivity index is 3.20. The summed E-state index contributed by atoms with van der Waals surface area (Å²) in [7, 11) is 1.54. The zero-order chi connectivity index (χ0) is 25.2. The van der Waals surface area contributed by atoms with Crippen LogP contribution in [-0.2, 0) is 20.7 Å². The average Bonchev–Trinajstić information content (AvgIpc) is 2.64. The number of amides is 1. The van der Waals surface area contributed by atoms with Crippen LogP contribution in [0.1, 0.15) is 53.5 Å². The van der Waals surface area contributed by atoms with Gasteiger partial charge in [0.2, 0.25) is 0 Å². The van der Waals surface area contributed by atoms with E-state index in [0.29, 0.717) is 18.8 Å². The predicted octanol–water partition coefficient (Wildman–Crippen LogP) is 2.65. The second-order valence-corrected chi connectivity index (χ2v) is 9.77. The Morgan fingerprint density at radius 3 is 2.06 bits per heavy atom. The van der Waals surface area contributed by atoms with E-state index in [4.69, 9.17) is 14.2 Å². The fraction of sp³-hybridized carbons (Fsp3) is 0.667. The van der Waals surface area contributed by atoms with Crippen LogP contribution in [0, 0.1) is 0 Å². The van der Waals surface area contributed by atoms with Crippen molar-refractivity contribution < 1.29 is 34.0 Å². The highest BCUT2D eigenvalue weighted by atomic mass is 16.6. The van der Waals surface area contributed by atoms with Crippen LogP contribution in [0.3, 0.4) is 0 Å². The number of nitrogens with one attached hydrogen (secondary N) is 1. The summed E-state index contributed by atoms with van der Waals surface area (Å²) in [5.74, 6) is 0.146. The van der Waals surface area contributed by atoms with Gasteiger partial charge in [0.1, 0.15) is 17.0 Å². The van der Waals surface area contributed by atoms with E-state index in [9.17, 15) is 19.8 Å². The van der Waals surface area contributed by atoms with E-state index in [0.717, 1.165) is 11.3 Å². The van der Waals surface area contributed by atoms with E-state index < -0.39 is 29.3 Å². The van der Waals surface area contributed by atoms with Crippen LogP contribution in [-0.4, -0.2) is 72.9 Å². The number of nitrogens with zero attached hydrogens (tertiary/aromatic N) is 1. The molecule has 0 aliphatic rings. The van der Waals surface area contributed by atoms with Crippen molar-refractivity contribution in [3.63, 3.8) is 0 Å². The van der Waals surface area contributed by atoms with E-state index in [-0.39, 0.29) is 26.1 Å². The first-order valence-electron chi connectivity index (χ1n) is 11.1. The smallest absolute Gasteiger partial charge is 0.407 e. The van der Waals surface area contributed by atoms with Gasteiger partial charge in [-0.1, -0.05) is 0 Å². The second-order valence-electron chi connectivity index (χ2n) is 9.77. The van der Waals surface area contributed by atoms with Crippen LogP contribution in [0.5, 0.6) is 5.75 Å². The molecule has 0 unspecified atom stereocenters. The van der Waals surface area contributed by atoms with Crippen molar-refractivity contribution in [1.82, 2.24) is 5.32 Å². The topological polar surface area (TPSA) is 118 Å². The molecule has 1 aromatic carbocycles. The van der Waals surface area contributed by atoms with Crippen LogP contribution in [0.4, 0.5) is 10.5 Å². The van der Waals surface area contributed by atoms with Crippen LogP contribution in [0.2, 0.25) is 0 Å². The van der Waals surface area contributed by atoms with Gasteiger partial charge in [-0.15, -0.1) is 0 Å². The predicted molar refractivity (Wildman–Crippen MR) is 127 cm³/mol. The van der Waals surface area contributed by atoms with Crippen LogP contribution in [0.15, 0.2) is 18.2 Å². The summed E-state index contributed by atoms with van der Waals surface area (Å²) in [5.41, 5.74) is 0.190. The summed E-state index contributed by atoms with van der Waals surface area (Å²) in [5, 5.41) is 21.5. The standard InChI is InChI=1S/C24H40N2O7/c1-23(2,3)32-21(29)16-18(25-22(30)33-24(4,5)6)14-17-15-19(8-9-20(17)31-7)26(10-12-27)11-13-28/h8-9,15,18,27-28H,10-14,16H2,1-7H3,(H,25,30)/t18-/m0/s1. The Labute approximate surface area is 197 Å². The third kappa shape index (κ3) is 11.3. The molecule has 0 radical (unpaired) electrons. The quantitative estimate of drug-likeness (QED) is 0.424. The van der Waals surface area contributed by atoms with E-state index in [1.807, 2.05) is 17.0 Å². The first kappa shape index (κ1) is 28.5. The first-order valence-corrected chi connectivity index (χ1v) is 11.1. The molecule has 1 amide bonds. The molecule has 0 aliphatic heterocycles. The maximum absolute atomic E-state index is 12.5. The van der Waals surface area contributed by atoms with Crippen molar-refractivity contribution in [2.75, 3.05) is 38.3 Å². The van der Waals surface area contributed by atoms with Crippen molar-refractivity contribution >= 4 is 17.7 Å². The molecule has 1 atom stereocenters. The Kier molecular flexibility index (Phi) is 10.9. The van der Waals surface area contributed by atoms with Gasteiger partial charge in [0.05, 0.1) is 26.7 Å². The van der Waals surface area contributed by atoms with Gasteiger partial charge in [-0.05, 0) is 71.7 Å². The number of rotatable bonds is 11. The van der Waals surface area contributed by atoms with Gasteiger partial charge in [-0.25, -0.2) is 4.79 Å². The summed E-state index contributed by atoms with van der Waals surface area (Å²) >= 11 is 0. The number of hydrogen-bond acceptors (Lipinski definition) is 8. The Hall–Kier alpha value is -2.52. The number of hydrogen-bond donors (Lipinski definition) is 3. The summed E-state index contributed by atoms with van der Waals surface area (Å²) in [6, 6.07) is 4.87. The number of carbonyl (C=O) groups is 2. The summed E-state index contributed by atoms with van der Waals surface area (Å²) < 4.78 is 16.3. The van der Waals surface area contributed by atoms with Crippen molar-refractivity contribution in [3.8, 4) is 5.75 Å². The molecule has 9 nitrogen and oxygen atoms in total. The average molecular weight is 469 g/mol. The highest BCUT2D eigenvalue weighted by molar-refractivity contribution is 5.73. The van der Waals surface area contributed by atoms with Crippen molar-refractivity contribution in [2.45, 2.75) is 71.6 Å². The van der Waals surface area contributed by atoms with Crippen molar-refractivity contribution in [1.29, 1.82) is 0 Å². The minimum Gasteiger partial charge on any atom is -0.496 e. The van der Waals surface area contributed by atoms with Crippen LogP contribution < -0.4 is 15.0 Å². The molecule has 0 fully saturated rings. The number of anilines is 1. The number of esters is 1. The van der Waals surface area contributed by atoms with Crippen molar-refractivity contribution in [3.05, 3.63) is 23.8 Å². The number of methoxy groups -OCH3 is 1. The van der Waals surface area contributed by atoms with Crippen LogP contribution >= 0.6 is 0 Å². The van der Waals surface area contributed by atoms with E-state index in [2.05, 4.69) is 5.32 Å². The maximum atomic E-state index is 12.5. The molecule has 0 saturated heterocycles. The molecule has 0 aliphatic carbocycles. The number of benzene rings is 1. The number of aliphatic hydroxyl groups is 2. The van der Waals surface area contributed by atoms with E-state index in [1.54, 1.807) is 54.7 Å². The second kappa shape index (κ2) is 12.6. The largest absolute Gasteiger partial charge is 0.496 e. The van der Waals surface area contributed by atoms with E-state index in [1.165, 1.54) is 0 Å². The summed E-state index contributed by atoms with van der Waals surface area (Å²) in [6.45, 7) is 11.2. The lowest BCUT2D eigenvalue weighted by molar-refractivity contribution is -0.155. The fourth-order valence-electron chi connectivity index (χ4n) is 3.23. The number of alkyl carbamates (subject to hydrolysis) is 1. The molecular weight excluding hydrogens is 428 g/mol. The molecular formula is C24H40N2O7. The zero-order valence-electron chi connectivity index (χ0n) is 20.9. The van der Waals surface area contributed by atoms with E-state index >= 15 is 0 Å². The lowest BCUT2D eigenvalue weighted by Gasteiger charge is -2.27. The van der Waals surface area contributed by atoms with Gasteiger partial charge in [0.15, 0.2) is 0 Å². The van der Waals surface area contributed by atoms with Gasteiger partial charge in [0, 0.05) is 24.8 Å². The molecule has 1 rings (SSSR count). The first-order chi connectivity index (χ1) is 15.3. The normalized spacial score (nSPS) is 12.6. The summed E-state index contributed by atoms with van der Waals surface area (Å²) in [4.78, 5) is 26.8. The molecule has 3 N–H and O–H groups in total. The van der Waals surface area contributed by atoms with Gasteiger partial charge in [-0.2, -0.15) is 0 Å². The third-order valence-corrected chi connectivity index (χ3v) is 4.39. The third-order valence-electron chi connectivity index (χ3n) is 4.39. The summed E-state index contributed by atoms with van der Waals surface area (Å²) in [6.07, 6.45) is -0.406. The SMILES string of the molecule is COc1ccc(N(CCO)CCO)cc1C[C@@H](CC(=O)OC(C)(C)C)NC(=O)OC(C)(C)C. The maximum Gasteiger partial charge on any atom is 0.407 e. The number of carbonyl (C=O) groups excluding carboxylic acids is 2. The molecule has 1 aromatic rings. The molecule has 188 valence electrons. The fourth-order valence-corrected chi connectivity index (χ4v) is 3.23. The van der Waals surface area contributed by atoms with Gasteiger partial charge < -0.3 is 34.6 Å². The Morgan fingerprint density at radius 1 is 1.00 bits per heavy atom. The lowest BCUT2D eigenvalue weighted by Crippen LogP contribution is -2.42. The highest BCUT2D eigenvalue weighted by Crippen LogP contribution is 2.27. The van der Waals surface area contributed by atoms with Gasteiger partial charge in [0.25, 0.3) is 0 Å². The minimum atomic E-state index is -0.687. The Bertz CT molecular complexity index is 733. The number of ether oxygens (including phenoxy) is 3. The minimum absolute atomic E-state index is 0.0547. The molecule has 33 heavy (non-hydrogen) atoms. The molecule has 0 aromatic heterocycles. The molecule has 0 spiro atoms. The number of aliphatic hydroxyl groups excluding tert-OH is 2. The molecule has 0 saturated carbocycles. The monoisotopic (exact) mass is 468 g/mol. The molecule has 0 bridgehead atoms. The van der Waals surface area contributed by atoms with Crippen LogP contribution in [0.25, 0.3) is 0 Å².